The summed E-state index contributed by atoms with van der Waals surface area (Å²) in [5.41, 5.74) is 2.15. The lowest BCUT2D eigenvalue weighted by Crippen LogP contribution is -2.39. The van der Waals surface area contributed by atoms with Crippen molar-refractivity contribution in [2.24, 2.45) is 0 Å². The molecule has 1 unspecified atom stereocenters. The summed E-state index contributed by atoms with van der Waals surface area (Å²) in [5.74, 6) is -0.942. The van der Waals surface area contributed by atoms with Crippen LogP contribution >= 0.6 is 0 Å². The Morgan fingerprint density at radius 3 is 2.23 bits per heavy atom. The molecule has 2 amide bonds. The quantitative estimate of drug-likeness (QED) is 0.632. The van der Waals surface area contributed by atoms with Crippen LogP contribution in [0.4, 0.5) is 10.5 Å². The minimum Gasteiger partial charge on any atom is -0.481 e. The van der Waals surface area contributed by atoms with Crippen molar-refractivity contribution in [1.82, 2.24) is 5.32 Å². The van der Waals surface area contributed by atoms with Gasteiger partial charge in [0, 0.05) is 23.7 Å². The topological polar surface area (TPSA) is 95.5 Å². The Labute approximate surface area is 152 Å². The van der Waals surface area contributed by atoms with Crippen molar-refractivity contribution < 1.29 is 19.5 Å². The summed E-state index contributed by atoms with van der Waals surface area (Å²) < 4.78 is 0. The van der Waals surface area contributed by atoms with Crippen molar-refractivity contribution in [2.45, 2.75) is 32.2 Å². The molecule has 0 heterocycles. The highest BCUT2D eigenvalue weighted by Crippen LogP contribution is 2.11. The third-order valence-corrected chi connectivity index (χ3v) is 3.92. The van der Waals surface area contributed by atoms with Crippen LogP contribution in [0.5, 0.6) is 0 Å². The summed E-state index contributed by atoms with van der Waals surface area (Å²) in [7, 11) is 0. The first-order valence-electron chi connectivity index (χ1n) is 8.38. The highest BCUT2D eigenvalue weighted by Gasteiger charge is 2.15. The summed E-state index contributed by atoms with van der Waals surface area (Å²) in [5, 5.41) is 14.4. The van der Waals surface area contributed by atoms with E-state index in [1.807, 2.05) is 30.3 Å². The Bertz CT molecular complexity index is 757. The zero-order valence-corrected chi connectivity index (χ0v) is 14.6. The minimum absolute atomic E-state index is 0.0227. The second-order valence-corrected chi connectivity index (χ2v) is 6.05. The number of carbonyl (C=O) groups excluding carboxylic acids is 2. The predicted octanol–water partition coefficient (Wildman–Crippen LogP) is 3.49. The third kappa shape index (κ3) is 6.39. The van der Waals surface area contributed by atoms with Crippen LogP contribution in [-0.2, 0) is 11.2 Å². The molecule has 0 aliphatic rings. The summed E-state index contributed by atoms with van der Waals surface area (Å²) in [6.07, 6.45) is 0.858. The average molecular weight is 354 g/mol. The number of nitrogens with one attached hydrogen (secondary N) is 2. The van der Waals surface area contributed by atoms with Crippen LogP contribution in [-0.4, -0.2) is 28.9 Å². The lowest BCUT2D eigenvalue weighted by atomic mass is 10.0. The number of amides is 2. The molecule has 0 saturated heterocycles. The van der Waals surface area contributed by atoms with Crippen LogP contribution in [0.15, 0.2) is 54.6 Å². The van der Waals surface area contributed by atoms with E-state index in [4.69, 9.17) is 5.11 Å². The van der Waals surface area contributed by atoms with Crippen LogP contribution in [0.2, 0.25) is 0 Å². The number of rotatable bonds is 8. The average Bonchev–Trinajstić information content (AvgIpc) is 2.61. The van der Waals surface area contributed by atoms with E-state index in [0.717, 1.165) is 5.56 Å². The van der Waals surface area contributed by atoms with Crippen LogP contribution in [0.3, 0.4) is 0 Å². The summed E-state index contributed by atoms with van der Waals surface area (Å²) in [4.78, 5) is 34.4. The Hall–Kier alpha value is -3.15. The second kappa shape index (κ2) is 9.36. The van der Waals surface area contributed by atoms with E-state index in [1.54, 1.807) is 24.3 Å². The number of hydrogen-bond acceptors (Lipinski definition) is 3. The lowest BCUT2D eigenvalue weighted by molar-refractivity contribution is -0.137. The number of hydrogen-bond donors (Lipinski definition) is 3. The van der Waals surface area contributed by atoms with Gasteiger partial charge in [-0.1, -0.05) is 30.3 Å². The molecule has 2 rings (SSSR count). The van der Waals surface area contributed by atoms with Gasteiger partial charge in [-0.15, -0.1) is 0 Å². The lowest BCUT2D eigenvalue weighted by Gasteiger charge is -2.19. The Morgan fingerprint density at radius 1 is 1.00 bits per heavy atom. The molecule has 1 atom stereocenters. The molecule has 0 radical (unpaired) electrons. The summed E-state index contributed by atoms with van der Waals surface area (Å²) in [6, 6.07) is 15.5. The fraction of sp³-hybridized carbons (Fsp3) is 0.250. The van der Waals surface area contributed by atoms with Crippen molar-refractivity contribution in [2.75, 3.05) is 5.32 Å². The molecule has 136 valence electrons. The summed E-state index contributed by atoms with van der Waals surface area (Å²) >= 11 is 0. The maximum Gasteiger partial charge on any atom is 0.319 e. The molecule has 0 aliphatic carbocycles. The Kier molecular flexibility index (Phi) is 6.91. The molecule has 0 saturated carbocycles. The van der Waals surface area contributed by atoms with Gasteiger partial charge in [-0.25, -0.2) is 4.79 Å². The molecular formula is C20H22N2O4. The molecule has 0 fully saturated rings. The van der Waals surface area contributed by atoms with E-state index in [2.05, 4.69) is 10.6 Å². The largest absolute Gasteiger partial charge is 0.481 e. The number of anilines is 1. The van der Waals surface area contributed by atoms with Crippen molar-refractivity contribution in [3.05, 3.63) is 65.7 Å². The van der Waals surface area contributed by atoms with Crippen LogP contribution in [0.1, 0.15) is 35.7 Å². The number of carboxylic acids is 1. The van der Waals surface area contributed by atoms with Gasteiger partial charge in [-0.2, -0.15) is 0 Å². The number of ketones is 1. The molecule has 2 aromatic rings. The smallest absolute Gasteiger partial charge is 0.319 e. The normalized spacial score (nSPS) is 11.4. The SMILES string of the molecule is CC(=O)c1ccc(NC(=O)NC(CCC(=O)O)Cc2ccccc2)cc1. The van der Waals surface area contributed by atoms with Gasteiger partial charge in [-0.05, 0) is 49.6 Å². The molecular weight excluding hydrogens is 332 g/mol. The highest BCUT2D eigenvalue weighted by atomic mass is 16.4. The van der Waals surface area contributed by atoms with Crippen LogP contribution in [0, 0.1) is 0 Å². The van der Waals surface area contributed by atoms with Crippen molar-refractivity contribution >= 4 is 23.5 Å². The zero-order valence-electron chi connectivity index (χ0n) is 14.6. The molecule has 0 aliphatic heterocycles. The van der Waals surface area contributed by atoms with Gasteiger partial charge in [0.1, 0.15) is 0 Å². The molecule has 6 heteroatoms. The van der Waals surface area contributed by atoms with Crippen LogP contribution in [0.25, 0.3) is 0 Å². The van der Waals surface area contributed by atoms with E-state index in [1.165, 1.54) is 6.92 Å². The standard InChI is InChI=1S/C20H22N2O4/c1-14(23)16-7-9-17(10-8-16)21-20(26)22-18(11-12-19(24)25)13-15-5-3-2-4-6-15/h2-10,18H,11-13H2,1H3,(H,24,25)(H2,21,22,26). The van der Waals surface area contributed by atoms with Gasteiger partial charge in [0.15, 0.2) is 5.78 Å². The highest BCUT2D eigenvalue weighted by molar-refractivity contribution is 5.95. The minimum atomic E-state index is -0.898. The molecule has 3 N–H and O–H groups in total. The van der Waals surface area contributed by atoms with Gasteiger partial charge in [-0.3, -0.25) is 9.59 Å². The van der Waals surface area contributed by atoms with Gasteiger partial charge < -0.3 is 15.7 Å². The van der Waals surface area contributed by atoms with E-state index in [0.29, 0.717) is 24.1 Å². The number of carboxylic acid groups (broad SMARTS) is 1. The molecule has 0 bridgehead atoms. The molecule has 6 nitrogen and oxygen atoms in total. The number of carbonyl (C=O) groups is 3. The zero-order chi connectivity index (χ0) is 18.9. The predicted molar refractivity (Wildman–Crippen MR) is 99.4 cm³/mol. The number of urea groups is 1. The number of aliphatic carboxylic acids is 1. The maximum atomic E-state index is 12.2. The first-order valence-corrected chi connectivity index (χ1v) is 8.38. The van der Waals surface area contributed by atoms with E-state index >= 15 is 0 Å². The number of benzene rings is 2. The Balaban J connectivity index is 1.97. The first kappa shape index (κ1) is 19.2. The monoisotopic (exact) mass is 354 g/mol. The van der Waals surface area contributed by atoms with Crippen molar-refractivity contribution in [1.29, 1.82) is 0 Å². The summed E-state index contributed by atoms with van der Waals surface area (Å²) in [6.45, 7) is 1.48. The fourth-order valence-electron chi connectivity index (χ4n) is 2.56. The number of Topliss-reactive ketones (excluding diaryl/α,β-unsaturated/α-hetero) is 1. The van der Waals surface area contributed by atoms with Gasteiger partial charge >= 0.3 is 12.0 Å². The Morgan fingerprint density at radius 2 is 1.65 bits per heavy atom. The van der Waals surface area contributed by atoms with Gasteiger partial charge in [0.2, 0.25) is 0 Å². The van der Waals surface area contributed by atoms with Gasteiger partial charge in [0.25, 0.3) is 0 Å². The first-order chi connectivity index (χ1) is 12.4. The van der Waals surface area contributed by atoms with E-state index in [-0.39, 0.29) is 18.2 Å². The van der Waals surface area contributed by atoms with Crippen LogP contribution < -0.4 is 10.6 Å². The second-order valence-electron chi connectivity index (χ2n) is 6.05. The molecule has 0 spiro atoms. The molecule has 26 heavy (non-hydrogen) atoms. The van der Waals surface area contributed by atoms with E-state index in [9.17, 15) is 14.4 Å². The fourth-order valence-corrected chi connectivity index (χ4v) is 2.56. The third-order valence-electron chi connectivity index (χ3n) is 3.92. The van der Waals surface area contributed by atoms with E-state index < -0.39 is 12.0 Å². The van der Waals surface area contributed by atoms with Crippen molar-refractivity contribution in [3.63, 3.8) is 0 Å². The van der Waals surface area contributed by atoms with Gasteiger partial charge in [0.05, 0.1) is 0 Å². The molecule has 0 aromatic heterocycles. The maximum absolute atomic E-state index is 12.2. The molecule has 2 aromatic carbocycles. The van der Waals surface area contributed by atoms with Crippen molar-refractivity contribution in [3.8, 4) is 0 Å².